The fraction of sp³-hybridized carbons (Fsp3) is 0.763. The van der Waals surface area contributed by atoms with Gasteiger partial charge in [-0.25, -0.2) is 9.42 Å². The van der Waals surface area contributed by atoms with E-state index < -0.39 is 29.3 Å². The number of nitrogens with two attached hydrogens (primary N) is 1. The summed E-state index contributed by atoms with van der Waals surface area (Å²) in [6.07, 6.45) is 9.87. The Morgan fingerprint density at radius 3 is 2.55 bits per heavy atom. The molecular formula is C38H55N5O10. The molecule has 0 aliphatic heterocycles. The van der Waals surface area contributed by atoms with Gasteiger partial charge in [0.25, 0.3) is 0 Å². The Hall–Kier alpha value is -3.85. The number of nitro benzene ring substituents is 1. The molecule has 1 aromatic heterocycles. The van der Waals surface area contributed by atoms with Crippen LogP contribution in [0.3, 0.4) is 0 Å². The Bertz CT molecular complexity index is 1650. The van der Waals surface area contributed by atoms with Crippen LogP contribution in [0.4, 0.5) is 11.4 Å². The molecule has 4 aliphatic rings. The Kier molecular flexibility index (Phi) is 11.9. The molecule has 10 atom stereocenters. The summed E-state index contributed by atoms with van der Waals surface area (Å²) in [5.74, 6) is 1.35. The van der Waals surface area contributed by atoms with Gasteiger partial charge in [0.2, 0.25) is 5.52 Å². The van der Waals surface area contributed by atoms with Gasteiger partial charge in [0.05, 0.1) is 30.2 Å². The Balaban J connectivity index is 1.04. The number of hydrogen-bond acceptors (Lipinski definition) is 13. The summed E-state index contributed by atoms with van der Waals surface area (Å²) in [6, 6.07) is 1.33. The lowest BCUT2D eigenvalue weighted by Gasteiger charge is -2.61. The molecule has 0 radical (unpaired) electrons. The van der Waals surface area contributed by atoms with Gasteiger partial charge >= 0.3 is 23.6 Å². The molecule has 292 valence electrons. The van der Waals surface area contributed by atoms with Gasteiger partial charge < -0.3 is 30.4 Å². The molecule has 53 heavy (non-hydrogen) atoms. The van der Waals surface area contributed by atoms with Crippen molar-refractivity contribution in [3.8, 4) is 0 Å². The van der Waals surface area contributed by atoms with Crippen LogP contribution in [-0.2, 0) is 28.6 Å². The largest absolute Gasteiger partial charge is 0.481 e. The van der Waals surface area contributed by atoms with E-state index in [1.54, 1.807) is 0 Å². The van der Waals surface area contributed by atoms with E-state index in [0.29, 0.717) is 68.1 Å². The van der Waals surface area contributed by atoms with Crippen LogP contribution in [0.2, 0.25) is 0 Å². The highest BCUT2D eigenvalue weighted by atomic mass is 16.6. The number of non-ortho nitro benzene ring substituents is 1. The number of carboxylic acids is 1. The van der Waals surface area contributed by atoms with Gasteiger partial charge in [0.15, 0.2) is 5.52 Å². The lowest BCUT2D eigenvalue weighted by molar-refractivity contribution is -0.383. The molecule has 4 aliphatic carbocycles. The first kappa shape index (κ1) is 38.9. The highest BCUT2D eigenvalue weighted by molar-refractivity contribution is 5.95. The molecule has 1 unspecified atom stereocenters. The summed E-state index contributed by atoms with van der Waals surface area (Å²) in [5.41, 5.74) is 5.65. The number of nitrogens with one attached hydrogen (secondary N) is 1. The zero-order valence-corrected chi connectivity index (χ0v) is 31.1. The Morgan fingerprint density at radius 2 is 1.79 bits per heavy atom. The quantitative estimate of drug-likeness (QED) is 0.0791. The zero-order chi connectivity index (χ0) is 37.9. The van der Waals surface area contributed by atoms with Crippen LogP contribution in [0.5, 0.6) is 0 Å². The maximum Gasteiger partial charge on any atom is 0.329 e. The highest BCUT2D eigenvalue weighted by Crippen LogP contribution is 2.68. The number of aliphatic carboxylic acids is 1. The normalized spacial score (nSPS) is 31.8. The topological polar surface area (TPSA) is 219 Å². The molecule has 0 spiro atoms. The lowest BCUT2D eigenvalue weighted by Crippen LogP contribution is -2.54. The number of nitro groups is 1. The summed E-state index contributed by atoms with van der Waals surface area (Å²) in [6.45, 7) is 8.84. The van der Waals surface area contributed by atoms with Gasteiger partial charge in [0.1, 0.15) is 18.8 Å². The van der Waals surface area contributed by atoms with Crippen LogP contribution in [0, 0.1) is 56.5 Å². The van der Waals surface area contributed by atoms with Crippen LogP contribution in [0.25, 0.3) is 11.0 Å². The van der Waals surface area contributed by atoms with E-state index in [1.165, 1.54) is 37.8 Å². The molecule has 0 amide bonds. The van der Waals surface area contributed by atoms with E-state index in [-0.39, 0.29) is 51.9 Å². The van der Waals surface area contributed by atoms with E-state index in [4.69, 9.17) is 24.6 Å². The molecule has 1 heterocycles. The minimum Gasteiger partial charge on any atom is -0.481 e. The van der Waals surface area contributed by atoms with Crippen LogP contribution in [0.1, 0.15) is 97.8 Å². The van der Waals surface area contributed by atoms with Crippen molar-refractivity contribution in [1.82, 2.24) is 10.3 Å². The summed E-state index contributed by atoms with van der Waals surface area (Å²) in [5, 5.41) is 31.3. The van der Waals surface area contributed by atoms with Crippen molar-refractivity contribution in [3.63, 3.8) is 0 Å². The first-order chi connectivity index (χ1) is 25.4. The number of benzene rings is 1. The maximum atomic E-state index is 13.5. The smallest absolute Gasteiger partial charge is 0.329 e. The van der Waals surface area contributed by atoms with Crippen LogP contribution < -0.4 is 11.1 Å². The average molecular weight is 742 g/mol. The van der Waals surface area contributed by atoms with Crippen molar-refractivity contribution in [2.24, 2.45) is 52.1 Å². The van der Waals surface area contributed by atoms with Gasteiger partial charge in [-0.3, -0.25) is 19.7 Å². The molecule has 4 saturated carbocycles. The number of carboxylic acid groups (broad SMARTS) is 1. The number of rotatable bonds is 16. The molecular weight excluding hydrogens is 686 g/mol. The van der Waals surface area contributed by atoms with Crippen LogP contribution in [0.15, 0.2) is 16.8 Å². The van der Waals surface area contributed by atoms with Crippen molar-refractivity contribution in [2.45, 2.75) is 110 Å². The Labute approximate surface area is 309 Å². The van der Waals surface area contributed by atoms with E-state index in [0.717, 1.165) is 32.1 Å². The molecule has 0 saturated heterocycles. The number of hydrogen-bond donors (Lipinski definition) is 3. The lowest BCUT2D eigenvalue weighted by atomic mass is 9.44. The summed E-state index contributed by atoms with van der Waals surface area (Å²) < 4.78 is 21.4. The Morgan fingerprint density at radius 1 is 1.04 bits per heavy atom. The number of ether oxygens (including phenoxy) is 3. The molecule has 4 fully saturated rings. The van der Waals surface area contributed by atoms with Gasteiger partial charge in [-0.05, 0) is 127 Å². The van der Waals surface area contributed by atoms with Gasteiger partial charge in [-0.2, -0.15) is 0 Å². The summed E-state index contributed by atoms with van der Waals surface area (Å²) >= 11 is 0. The minimum absolute atomic E-state index is 0.0279. The van der Waals surface area contributed by atoms with Gasteiger partial charge in [-0.1, -0.05) is 20.8 Å². The van der Waals surface area contributed by atoms with E-state index in [9.17, 15) is 29.6 Å². The SMILES string of the molecule is C[C@H](CCC(=O)OCCOCCN)C1CC[C@H]2[C@@H]3CC[C@@H]4C[C@H](OC(=O)[C@H](CC(=O)O)Nc5ccc([N+](=O)[O-])c6nonc56)CC[C@]4(C)[C@H]3CC[C@]12C. The van der Waals surface area contributed by atoms with E-state index >= 15 is 0 Å². The number of carbonyl (C=O) groups excluding carboxylic acids is 2. The number of carbonyl (C=O) groups is 3. The molecule has 15 nitrogen and oxygen atoms in total. The van der Waals surface area contributed by atoms with E-state index in [1.807, 2.05) is 0 Å². The monoisotopic (exact) mass is 741 g/mol. The maximum absolute atomic E-state index is 13.5. The molecule has 1 aromatic carbocycles. The summed E-state index contributed by atoms with van der Waals surface area (Å²) in [4.78, 5) is 48.5. The fourth-order valence-corrected chi connectivity index (χ4v) is 11.2. The number of esters is 2. The number of fused-ring (bicyclic) bond motifs is 6. The van der Waals surface area contributed by atoms with Gasteiger partial charge in [0, 0.05) is 19.0 Å². The number of aromatic nitrogens is 2. The number of anilines is 1. The number of nitrogens with zero attached hydrogens (tertiary/aromatic N) is 3. The molecule has 0 bridgehead atoms. The first-order valence-electron chi connectivity index (χ1n) is 19.4. The summed E-state index contributed by atoms with van der Waals surface area (Å²) in [7, 11) is 0. The third-order valence-electron chi connectivity index (χ3n) is 13.8. The second kappa shape index (κ2) is 16.3. The second-order valence-electron chi connectivity index (χ2n) is 16.5. The predicted octanol–water partition coefficient (Wildman–Crippen LogP) is 5.89. The van der Waals surface area contributed by atoms with Crippen molar-refractivity contribution in [1.29, 1.82) is 0 Å². The third kappa shape index (κ3) is 8.01. The minimum atomic E-state index is -1.24. The van der Waals surface area contributed by atoms with E-state index in [2.05, 4.69) is 36.4 Å². The first-order valence-corrected chi connectivity index (χ1v) is 19.4. The third-order valence-corrected chi connectivity index (χ3v) is 13.8. The highest BCUT2D eigenvalue weighted by Gasteiger charge is 2.60. The second-order valence-corrected chi connectivity index (χ2v) is 16.5. The van der Waals surface area contributed by atoms with Gasteiger partial charge in [-0.15, -0.1) is 0 Å². The molecule has 2 aromatic rings. The zero-order valence-electron chi connectivity index (χ0n) is 31.1. The van der Waals surface area contributed by atoms with Crippen LogP contribution >= 0.6 is 0 Å². The van der Waals surface area contributed by atoms with Crippen molar-refractivity contribution in [3.05, 3.63) is 22.2 Å². The van der Waals surface area contributed by atoms with Crippen LogP contribution in [-0.4, -0.2) is 76.8 Å². The predicted molar refractivity (Wildman–Crippen MR) is 192 cm³/mol. The molecule has 15 heteroatoms. The van der Waals surface area contributed by atoms with Crippen molar-refractivity contribution in [2.75, 3.05) is 31.7 Å². The van der Waals surface area contributed by atoms with Crippen molar-refractivity contribution < 1.29 is 43.3 Å². The molecule has 4 N–H and O–H groups in total. The average Bonchev–Trinajstić information content (AvgIpc) is 3.75. The fourth-order valence-electron chi connectivity index (χ4n) is 11.2. The standard InChI is InChI=1S/C38H55N5O10/c1-22(4-11-33(46)51-19-18-50-17-16-39)26-7-8-27-25-6-5-23-20-24(12-14-37(23,2)28(25)13-15-38(26,27)3)52-36(47)30(21-32(44)45)40-29-9-10-31(43(48)49)35-34(29)41-53-42-35/h9-10,22-28,30,40H,4-8,11-21,39H2,1-3H3,(H,44,45)/t22-,23-,24-,25+,26?,27+,28+,30+,37+,38-/m1/s1. The van der Waals surface area contributed by atoms with Crippen molar-refractivity contribution >= 4 is 40.3 Å². The molecule has 6 rings (SSSR count).